The molecule has 1 saturated carbocycles. The highest BCUT2D eigenvalue weighted by atomic mass is 32.2. The summed E-state index contributed by atoms with van der Waals surface area (Å²) in [6.45, 7) is 0. The molecular weight excluding hydrogens is 254 g/mol. The molecule has 1 unspecified atom stereocenters. The van der Waals surface area contributed by atoms with Gasteiger partial charge in [0, 0.05) is 17.5 Å². The molecule has 1 aliphatic heterocycles. The Hall–Kier alpha value is -0.830. The van der Waals surface area contributed by atoms with Crippen molar-refractivity contribution >= 4 is 17.4 Å². The first-order chi connectivity index (χ1) is 9.40. The van der Waals surface area contributed by atoms with Gasteiger partial charge in [0.25, 0.3) is 0 Å². The lowest BCUT2D eigenvalue weighted by atomic mass is 10.1. The lowest BCUT2D eigenvalue weighted by molar-refractivity contribution is 0.210. The fourth-order valence-corrected chi connectivity index (χ4v) is 3.99. The maximum absolute atomic E-state index is 5.99. The number of anilines is 1. The molecule has 1 aromatic carbocycles. The van der Waals surface area contributed by atoms with Gasteiger partial charge in [-0.15, -0.1) is 0 Å². The quantitative estimate of drug-likeness (QED) is 0.886. The van der Waals surface area contributed by atoms with E-state index < -0.39 is 0 Å². The number of ether oxygens (including phenoxy) is 1. The smallest absolute Gasteiger partial charge is 0.119 e. The Labute approximate surface area is 120 Å². The van der Waals surface area contributed by atoms with Crippen LogP contribution in [0.3, 0.4) is 0 Å². The predicted octanol–water partition coefficient (Wildman–Crippen LogP) is 4.32. The molecule has 1 saturated heterocycles. The molecule has 1 aromatic rings. The Kier molecular flexibility index (Phi) is 4.54. The molecular formula is C16H23NOS. The number of rotatable bonds is 4. The van der Waals surface area contributed by atoms with Crippen molar-refractivity contribution in [3.8, 4) is 5.75 Å². The van der Waals surface area contributed by atoms with Gasteiger partial charge in [0.15, 0.2) is 0 Å². The first-order valence-electron chi connectivity index (χ1n) is 7.51. The van der Waals surface area contributed by atoms with Crippen LogP contribution in [0.15, 0.2) is 24.3 Å². The minimum Gasteiger partial charge on any atom is -0.490 e. The van der Waals surface area contributed by atoms with Gasteiger partial charge in [-0.05, 0) is 68.5 Å². The van der Waals surface area contributed by atoms with Crippen LogP contribution in [0.25, 0.3) is 0 Å². The van der Waals surface area contributed by atoms with E-state index in [0.29, 0.717) is 12.1 Å². The summed E-state index contributed by atoms with van der Waals surface area (Å²) in [5, 5.41) is 3.63. The first kappa shape index (κ1) is 13.2. The van der Waals surface area contributed by atoms with Crippen LogP contribution in [0.2, 0.25) is 0 Å². The molecule has 0 amide bonds. The zero-order valence-electron chi connectivity index (χ0n) is 11.4. The second-order valence-corrected chi connectivity index (χ2v) is 6.76. The van der Waals surface area contributed by atoms with Crippen molar-refractivity contribution in [3.63, 3.8) is 0 Å². The van der Waals surface area contributed by atoms with Crippen molar-refractivity contribution in [2.75, 3.05) is 16.8 Å². The van der Waals surface area contributed by atoms with Crippen LogP contribution in [-0.4, -0.2) is 23.7 Å². The molecule has 0 bridgehead atoms. The van der Waals surface area contributed by atoms with Gasteiger partial charge in [-0.2, -0.15) is 11.8 Å². The number of hydrogen-bond acceptors (Lipinski definition) is 3. The molecule has 1 N–H and O–H groups in total. The minimum absolute atomic E-state index is 0.452. The highest BCUT2D eigenvalue weighted by Crippen LogP contribution is 2.26. The van der Waals surface area contributed by atoms with Crippen molar-refractivity contribution in [3.05, 3.63) is 24.3 Å². The predicted molar refractivity (Wildman–Crippen MR) is 83.3 cm³/mol. The van der Waals surface area contributed by atoms with Gasteiger partial charge in [0.05, 0.1) is 6.10 Å². The van der Waals surface area contributed by atoms with E-state index in [1.165, 1.54) is 55.7 Å². The molecule has 0 radical (unpaired) electrons. The third-order valence-corrected chi connectivity index (χ3v) is 5.21. The number of thioether (sulfide) groups is 1. The summed E-state index contributed by atoms with van der Waals surface area (Å²) in [6.07, 6.45) is 8.18. The van der Waals surface area contributed by atoms with Crippen molar-refractivity contribution in [2.24, 2.45) is 0 Å². The van der Waals surface area contributed by atoms with E-state index in [1.54, 1.807) is 0 Å². The van der Waals surface area contributed by atoms with E-state index in [1.807, 2.05) is 0 Å². The van der Waals surface area contributed by atoms with E-state index >= 15 is 0 Å². The molecule has 1 atom stereocenters. The molecule has 3 rings (SSSR count). The number of benzene rings is 1. The molecule has 0 spiro atoms. The van der Waals surface area contributed by atoms with Crippen molar-refractivity contribution in [1.29, 1.82) is 0 Å². The average molecular weight is 277 g/mol. The van der Waals surface area contributed by atoms with Crippen LogP contribution < -0.4 is 10.1 Å². The van der Waals surface area contributed by atoms with Crippen LogP contribution in [-0.2, 0) is 0 Å². The van der Waals surface area contributed by atoms with Crippen LogP contribution in [0, 0.1) is 0 Å². The van der Waals surface area contributed by atoms with Crippen LogP contribution in [0.5, 0.6) is 5.75 Å². The molecule has 19 heavy (non-hydrogen) atoms. The maximum Gasteiger partial charge on any atom is 0.119 e. The average Bonchev–Trinajstić information content (AvgIpc) is 2.95. The van der Waals surface area contributed by atoms with Gasteiger partial charge < -0.3 is 10.1 Å². The Bertz CT molecular complexity index is 380. The highest BCUT2D eigenvalue weighted by molar-refractivity contribution is 7.99. The largest absolute Gasteiger partial charge is 0.490 e. The topological polar surface area (TPSA) is 21.3 Å². The summed E-state index contributed by atoms with van der Waals surface area (Å²) in [5.74, 6) is 3.59. The van der Waals surface area contributed by atoms with E-state index in [0.717, 1.165) is 5.75 Å². The Morgan fingerprint density at radius 2 is 1.79 bits per heavy atom. The molecule has 2 aliphatic rings. The van der Waals surface area contributed by atoms with Crippen molar-refractivity contribution < 1.29 is 4.74 Å². The van der Waals surface area contributed by atoms with Gasteiger partial charge in [-0.25, -0.2) is 0 Å². The third kappa shape index (κ3) is 3.82. The van der Waals surface area contributed by atoms with E-state index in [9.17, 15) is 0 Å². The molecule has 1 aliphatic carbocycles. The Balaban J connectivity index is 1.52. The van der Waals surface area contributed by atoms with Crippen molar-refractivity contribution in [2.45, 2.75) is 50.7 Å². The summed E-state index contributed by atoms with van der Waals surface area (Å²) < 4.78 is 5.99. The van der Waals surface area contributed by atoms with Gasteiger partial charge in [0.1, 0.15) is 5.75 Å². The van der Waals surface area contributed by atoms with Crippen LogP contribution >= 0.6 is 11.8 Å². The number of hydrogen-bond donors (Lipinski definition) is 1. The first-order valence-corrected chi connectivity index (χ1v) is 8.66. The highest BCUT2D eigenvalue weighted by Gasteiger charge is 2.16. The Morgan fingerprint density at radius 3 is 2.47 bits per heavy atom. The third-order valence-electron chi connectivity index (χ3n) is 3.99. The maximum atomic E-state index is 5.99. The summed E-state index contributed by atoms with van der Waals surface area (Å²) in [5.41, 5.74) is 1.23. The lowest BCUT2D eigenvalue weighted by Crippen LogP contribution is -2.25. The van der Waals surface area contributed by atoms with Gasteiger partial charge in [-0.3, -0.25) is 0 Å². The Morgan fingerprint density at radius 1 is 1.00 bits per heavy atom. The molecule has 0 aromatic heterocycles. The lowest BCUT2D eigenvalue weighted by Gasteiger charge is -2.23. The summed E-state index contributed by atoms with van der Waals surface area (Å²) in [4.78, 5) is 0. The molecule has 3 heteroatoms. The van der Waals surface area contributed by atoms with Gasteiger partial charge in [0.2, 0.25) is 0 Å². The standard InChI is InChI=1S/C16H23NOS/c1-2-6-15(5-1)18-16-9-7-13(8-10-16)17-14-4-3-11-19-12-14/h7-10,14-15,17H,1-6,11-12H2. The van der Waals surface area contributed by atoms with Crippen LogP contribution in [0.1, 0.15) is 38.5 Å². The van der Waals surface area contributed by atoms with Crippen LogP contribution in [0.4, 0.5) is 5.69 Å². The van der Waals surface area contributed by atoms with Gasteiger partial charge in [-0.1, -0.05) is 0 Å². The fourth-order valence-electron chi connectivity index (χ4n) is 2.92. The van der Waals surface area contributed by atoms with E-state index in [-0.39, 0.29) is 0 Å². The van der Waals surface area contributed by atoms with Crippen molar-refractivity contribution in [1.82, 2.24) is 0 Å². The summed E-state index contributed by atoms with van der Waals surface area (Å²) in [7, 11) is 0. The second-order valence-electron chi connectivity index (χ2n) is 5.61. The SMILES string of the molecule is c1cc(OC2CCCC2)ccc1NC1CCCSC1. The van der Waals surface area contributed by atoms with E-state index in [4.69, 9.17) is 4.74 Å². The zero-order valence-corrected chi connectivity index (χ0v) is 12.3. The normalized spacial score (nSPS) is 24.3. The summed E-state index contributed by atoms with van der Waals surface area (Å²) >= 11 is 2.06. The summed E-state index contributed by atoms with van der Waals surface area (Å²) in [6, 6.07) is 9.17. The monoisotopic (exact) mass is 277 g/mol. The zero-order chi connectivity index (χ0) is 12.9. The minimum atomic E-state index is 0.452. The molecule has 104 valence electrons. The molecule has 2 nitrogen and oxygen atoms in total. The van der Waals surface area contributed by atoms with E-state index in [2.05, 4.69) is 41.3 Å². The fraction of sp³-hybridized carbons (Fsp3) is 0.625. The number of nitrogens with one attached hydrogen (secondary N) is 1. The molecule has 1 heterocycles. The molecule has 2 fully saturated rings. The van der Waals surface area contributed by atoms with Gasteiger partial charge >= 0.3 is 0 Å². The second kappa shape index (κ2) is 6.56.